The van der Waals surface area contributed by atoms with E-state index in [0.29, 0.717) is 0 Å². The Morgan fingerprint density at radius 1 is 0.435 bits per heavy atom. The number of para-hydroxylation sites is 4. The number of nitrogens with zero attached hydrogens (tertiary/aromatic N) is 5. The van der Waals surface area contributed by atoms with Gasteiger partial charge in [-0.2, -0.15) is 4.58 Å². The van der Waals surface area contributed by atoms with Gasteiger partial charge in [-0.25, -0.2) is 4.58 Å². The van der Waals surface area contributed by atoms with Gasteiger partial charge in [0.2, 0.25) is 11.4 Å². The van der Waals surface area contributed by atoms with Crippen LogP contribution >= 0.6 is 11.6 Å². The van der Waals surface area contributed by atoms with Crippen molar-refractivity contribution in [3.8, 4) is 0 Å². The first-order valence-corrected chi connectivity index (χ1v) is 32.7. The molecule has 4 aromatic rings. The number of piperidine rings is 1. The summed E-state index contributed by atoms with van der Waals surface area (Å²) < 4.78 is 5.24. The predicted molar refractivity (Wildman–Crippen MR) is 358 cm³/mol. The van der Waals surface area contributed by atoms with Gasteiger partial charge < -0.3 is 62.7 Å². The summed E-state index contributed by atoms with van der Waals surface area (Å²) >= 11 is 7.13. The fourth-order valence-electron chi connectivity index (χ4n) is 15.1. The van der Waals surface area contributed by atoms with Gasteiger partial charge in [-0.1, -0.05) is 178 Å². The first kappa shape index (κ1) is 66.2. The molecule has 8 heteroatoms. The molecule has 1 saturated carbocycles. The number of anilines is 3. The summed E-state index contributed by atoms with van der Waals surface area (Å²) in [6.07, 6.45) is 34.4. The van der Waals surface area contributed by atoms with Crippen molar-refractivity contribution in [1.82, 2.24) is 0 Å². The predicted octanol–water partition coefficient (Wildman–Crippen LogP) is 13.6. The Bertz CT molecular complexity index is 3310. The van der Waals surface area contributed by atoms with Gasteiger partial charge in [-0.05, 0) is 142 Å². The second-order valence-corrected chi connectivity index (χ2v) is 26.9. The summed E-state index contributed by atoms with van der Waals surface area (Å²) in [5, 5.41) is 0.931. The van der Waals surface area contributed by atoms with Crippen molar-refractivity contribution >= 4 is 45.8 Å². The smallest absolute Gasteiger partial charge is 0.209 e. The molecule has 0 aromatic heterocycles. The lowest BCUT2D eigenvalue weighted by atomic mass is 9.81. The molecule has 1 saturated heterocycles. The molecule has 0 atom stereocenters. The van der Waals surface area contributed by atoms with Crippen LogP contribution in [-0.2, 0) is 21.7 Å². The van der Waals surface area contributed by atoms with Crippen LogP contribution in [0.3, 0.4) is 0 Å². The summed E-state index contributed by atoms with van der Waals surface area (Å²) in [6, 6.07) is 35.8. The van der Waals surface area contributed by atoms with Crippen LogP contribution in [0.2, 0.25) is 0 Å². The van der Waals surface area contributed by atoms with E-state index in [9.17, 15) is 0 Å². The van der Waals surface area contributed by atoms with E-state index in [0.717, 1.165) is 89.0 Å². The number of rotatable bonds is 13. The lowest BCUT2D eigenvalue weighted by molar-refractivity contribution is -0.536. The summed E-state index contributed by atoms with van der Waals surface area (Å²) in [5.41, 5.74) is 23.8. The second-order valence-electron chi connectivity index (χ2n) is 26.6. The zero-order valence-corrected chi connectivity index (χ0v) is 58.7. The van der Waals surface area contributed by atoms with Gasteiger partial charge in [-0.3, -0.25) is 0 Å². The standard InChI is InChI=1S/C41H54N3.C36H44ClN2.2HI/c1-7-27-43-35-21-12-10-19-33(35)40(3,4)37(43)25-23-31-17-16-18-32(39(31)42-29-14-9-15-30-42)24-26-38-41(5,6)34-20-11-13-22-36(34)44(38)28-8-2;1-7-24-38-30-18-11-9-16-28(30)35(3,4)32(38)22-20-26-14-13-15-27(34(26)37)21-23-33-36(5,6)29-17-10-12-19-31(29)39(33)25-8-2;;/h10-13,19-26H,7-9,14-18,27-30H2,1-6H3;9-12,16-23H,7-8,13-15,24-25H2,1-6H3;2*1H/q2*+1;;/p-2. The zero-order chi connectivity index (χ0) is 58.7. The normalized spacial score (nSPS) is 22.8. The number of benzene rings is 4. The molecule has 0 amide bonds. The highest BCUT2D eigenvalue weighted by Crippen LogP contribution is 2.51. The third-order valence-electron chi connectivity index (χ3n) is 19.4. The first-order valence-electron chi connectivity index (χ1n) is 32.3. The SMILES string of the molecule is CCCN1/C(=C/C=C2\CCCC(/C=C/C3=[N+](CCC)c4ccccc4C3(C)C)=C2Cl)C(C)(C)c2ccccc21.CCCN1C(=CC=C2CCC/C(=C\C=C3\N(CCC)c4ccccc4C3(C)C)C2=[N+]2CCCCC2)C(C)(C)c2ccccc21.[I-].[I-]. The molecule has 5 nitrogen and oxygen atoms in total. The van der Waals surface area contributed by atoms with Gasteiger partial charge in [0.1, 0.15) is 19.6 Å². The second kappa shape index (κ2) is 28.2. The van der Waals surface area contributed by atoms with Crippen LogP contribution in [0.4, 0.5) is 22.7 Å². The summed E-state index contributed by atoms with van der Waals surface area (Å²) in [7, 11) is 0. The largest absolute Gasteiger partial charge is 1.00 e. The molecule has 5 heterocycles. The van der Waals surface area contributed by atoms with Crippen molar-refractivity contribution in [2.24, 2.45) is 0 Å². The molecule has 7 aliphatic rings. The molecule has 0 N–H and O–H groups in total. The van der Waals surface area contributed by atoms with Gasteiger partial charge in [0.05, 0.1) is 5.41 Å². The molecule has 2 aliphatic carbocycles. The molecule has 0 spiro atoms. The number of hydrogen-bond donors (Lipinski definition) is 0. The molecule has 5 aliphatic heterocycles. The van der Waals surface area contributed by atoms with E-state index in [1.807, 2.05) is 0 Å². The van der Waals surface area contributed by atoms with E-state index in [1.54, 1.807) is 0 Å². The van der Waals surface area contributed by atoms with Gasteiger partial charge in [0, 0.05) is 123 Å². The lowest BCUT2D eigenvalue weighted by Gasteiger charge is -2.27. The maximum atomic E-state index is 7.13. The number of allylic oxidation sites excluding steroid dienone is 16. The number of hydrogen-bond acceptors (Lipinski definition) is 3. The monoisotopic (exact) mass is 1380 g/mol. The van der Waals surface area contributed by atoms with Crippen LogP contribution in [0.5, 0.6) is 0 Å². The Hall–Kier alpha value is -4.71. The highest BCUT2D eigenvalue weighted by atomic mass is 127. The highest BCUT2D eigenvalue weighted by Gasteiger charge is 2.45. The van der Waals surface area contributed by atoms with E-state index in [4.69, 9.17) is 11.6 Å². The fraction of sp³-hybridized carbons (Fsp3) is 0.455. The summed E-state index contributed by atoms with van der Waals surface area (Å²) in [6.45, 7) is 34.6. The first-order chi connectivity index (χ1) is 40.0. The van der Waals surface area contributed by atoms with Crippen molar-refractivity contribution in [3.05, 3.63) is 212 Å². The van der Waals surface area contributed by atoms with Crippen LogP contribution in [0.15, 0.2) is 190 Å². The molecule has 0 bridgehead atoms. The Labute approximate surface area is 552 Å². The van der Waals surface area contributed by atoms with E-state index >= 15 is 0 Å². The van der Waals surface area contributed by atoms with E-state index in [-0.39, 0.29) is 69.6 Å². The van der Waals surface area contributed by atoms with Gasteiger partial charge >= 0.3 is 0 Å². The quantitative estimate of drug-likeness (QED) is 0.0980. The molecule has 452 valence electrons. The highest BCUT2D eigenvalue weighted by molar-refractivity contribution is 6.32. The minimum absolute atomic E-state index is 0. The third kappa shape index (κ3) is 12.9. The Morgan fingerprint density at radius 3 is 1.28 bits per heavy atom. The Morgan fingerprint density at radius 2 is 0.835 bits per heavy atom. The van der Waals surface area contributed by atoms with Crippen LogP contribution in [0.1, 0.15) is 189 Å². The molecule has 11 rings (SSSR count). The van der Waals surface area contributed by atoms with Gasteiger partial charge in [0.15, 0.2) is 5.71 Å². The number of halogens is 3. The van der Waals surface area contributed by atoms with Crippen molar-refractivity contribution in [1.29, 1.82) is 0 Å². The van der Waals surface area contributed by atoms with E-state index < -0.39 is 0 Å². The van der Waals surface area contributed by atoms with Gasteiger partial charge in [-0.15, -0.1) is 0 Å². The summed E-state index contributed by atoms with van der Waals surface area (Å²) in [5.74, 6) is 0. The third-order valence-corrected chi connectivity index (χ3v) is 19.9. The number of fused-ring (bicyclic) bond motifs is 4. The zero-order valence-electron chi connectivity index (χ0n) is 53.7. The van der Waals surface area contributed by atoms with Crippen molar-refractivity contribution < 1.29 is 57.1 Å². The topological polar surface area (TPSA) is 15.7 Å². The molecule has 0 radical (unpaired) electrons. The molecule has 85 heavy (non-hydrogen) atoms. The van der Waals surface area contributed by atoms with Crippen LogP contribution in [0, 0.1) is 0 Å². The van der Waals surface area contributed by atoms with Crippen molar-refractivity contribution in [3.63, 3.8) is 0 Å². The minimum atomic E-state index is -0.0289. The van der Waals surface area contributed by atoms with Crippen molar-refractivity contribution in [2.75, 3.05) is 54.0 Å². The van der Waals surface area contributed by atoms with Gasteiger partial charge in [0.25, 0.3) is 0 Å². The maximum absolute atomic E-state index is 7.13. The Kier molecular flexibility index (Phi) is 22.0. The van der Waals surface area contributed by atoms with Crippen LogP contribution in [0.25, 0.3) is 0 Å². The molecular formula is C77H98ClI2N5. The van der Waals surface area contributed by atoms with Crippen LogP contribution in [-0.4, -0.2) is 59.8 Å². The van der Waals surface area contributed by atoms with E-state index in [2.05, 4.69) is 253 Å². The average molecular weight is 1380 g/mol. The fourth-order valence-corrected chi connectivity index (χ4v) is 15.4. The minimum Gasteiger partial charge on any atom is -1.00 e. The Balaban J connectivity index is 0.000000218. The molecular weight excluding hydrogens is 1280 g/mol. The molecule has 0 unspecified atom stereocenters. The maximum Gasteiger partial charge on any atom is 0.209 e. The molecule has 4 aromatic carbocycles. The molecule has 2 fully saturated rings. The van der Waals surface area contributed by atoms with Crippen LogP contribution < -0.4 is 62.7 Å². The summed E-state index contributed by atoms with van der Waals surface area (Å²) in [4.78, 5) is 7.67. The van der Waals surface area contributed by atoms with Crippen molar-refractivity contribution in [2.45, 2.75) is 188 Å². The average Bonchev–Trinajstić information content (AvgIpc) is 3.12. The van der Waals surface area contributed by atoms with E-state index in [1.165, 1.54) is 135 Å². The lowest BCUT2D eigenvalue weighted by Crippen LogP contribution is -3.00.